The molecule has 1 aromatic heterocycles. The van der Waals surface area contributed by atoms with Gasteiger partial charge in [-0.2, -0.15) is 0 Å². The lowest BCUT2D eigenvalue weighted by molar-refractivity contribution is -0.274. The SMILES string of the molecule is Cn1cc(I)nc1-c1cccc(OC(F)(F)F)c1. The number of aryl methyl sites for hydroxylation is 1. The third kappa shape index (κ3) is 3.15. The van der Waals surface area contributed by atoms with Gasteiger partial charge in [-0.05, 0) is 34.7 Å². The molecular weight excluding hydrogens is 360 g/mol. The summed E-state index contributed by atoms with van der Waals surface area (Å²) in [6, 6.07) is 5.75. The van der Waals surface area contributed by atoms with E-state index in [9.17, 15) is 13.2 Å². The highest BCUT2D eigenvalue weighted by molar-refractivity contribution is 14.1. The molecule has 0 amide bonds. The Kier molecular flexibility index (Phi) is 3.51. The van der Waals surface area contributed by atoms with Crippen molar-refractivity contribution in [3.05, 3.63) is 34.2 Å². The molecule has 96 valence electrons. The Bertz CT molecular complexity index is 566. The van der Waals surface area contributed by atoms with Gasteiger partial charge in [0.15, 0.2) is 0 Å². The third-order valence-corrected chi connectivity index (χ3v) is 2.69. The number of aromatic nitrogens is 2. The molecule has 0 aliphatic carbocycles. The molecule has 0 N–H and O–H groups in total. The van der Waals surface area contributed by atoms with Gasteiger partial charge in [0.25, 0.3) is 0 Å². The predicted molar refractivity (Wildman–Crippen MR) is 68.0 cm³/mol. The van der Waals surface area contributed by atoms with Crippen LogP contribution < -0.4 is 4.74 Å². The summed E-state index contributed by atoms with van der Waals surface area (Å²) in [6.07, 6.45) is -2.90. The van der Waals surface area contributed by atoms with E-state index in [4.69, 9.17) is 0 Å². The van der Waals surface area contributed by atoms with Crippen LogP contribution in [0, 0.1) is 3.70 Å². The van der Waals surface area contributed by atoms with E-state index >= 15 is 0 Å². The smallest absolute Gasteiger partial charge is 0.406 e. The summed E-state index contributed by atoms with van der Waals surface area (Å²) in [5.74, 6) is 0.338. The standard InChI is InChI=1S/C11H8F3IN2O/c1-17-6-9(15)16-10(17)7-3-2-4-8(5-7)18-11(12,13)14/h2-6H,1H3. The van der Waals surface area contributed by atoms with Crippen LogP contribution in [0.4, 0.5) is 13.2 Å². The molecule has 0 unspecified atom stereocenters. The average Bonchev–Trinajstić information content (AvgIpc) is 2.55. The molecule has 0 saturated heterocycles. The van der Waals surface area contributed by atoms with Gasteiger partial charge in [-0.1, -0.05) is 12.1 Å². The average molecular weight is 368 g/mol. The van der Waals surface area contributed by atoms with Gasteiger partial charge in [-0.3, -0.25) is 0 Å². The largest absolute Gasteiger partial charge is 0.573 e. The van der Waals surface area contributed by atoms with Crippen LogP contribution in [-0.2, 0) is 7.05 Å². The van der Waals surface area contributed by atoms with Crippen LogP contribution in [-0.4, -0.2) is 15.9 Å². The second-order valence-corrected chi connectivity index (χ2v) is 4.68. The predicted octanol–water partition coefficient (Wildman–Crippen LogP) is 3.59. The fourth-order valence-corrected chi connectivity index (χ4v) is 2.18. The second kappa shape index (κ2) is 4.79. The molecule has 2 aromatic rings. The van der Waals surface area contributed by atoms with Crippen LogP contribution in [0.1, 0.15) is 0 Å². The van der Waals surface area contributed by atoms with E-state index in [1.165, 1.54) is 18.2 Å². The van der Waals surface area contributed by atoms with Crippen LogP contribution in [0.3, 0.4) is 0 Å². The van der Waals surface area contributed by atoms with Crippen molar-refractivity contribution >= 4 is 22.6 Å². The second-order valence-electron chi connectivity index (χ2n) is 3.57. The highest BCUT2D eigenvalue weighted by Gasteiger charge is 2.31. The molecule has 0 bridgehead atoms. The van der Waals surface area contributed by atoms with Crippen molar-refractivity contribution in [3.8, 4) is 17.1 Å². The monoisotopic (exact) mass is 368 g/mol. The summed E-state index contributed by atoms with van der Waals surface area (Å²) in [4.78, 5) is 4.23. The quantitative estimate of drug-likeness (QED) is 0.758. The maximum atomic E-state index is 12.1. The number of alkyl halides is 3. The van der Waals surface area contributed by atoms with E-state index in [2.05, 4.69) is 9.72 Å². The molecule has 0 radical (unpaired) electrons. The Morgan fingerprint density at radius 3 is 2.61 bits per heavy atom. The fraction of sp³-hybridized carbons (Fsp3) is 0.182. The summed E-state index contributed by atoms with van der Waals surface area (Å²) < 4.78 is 42.7. The van der Waals surface area contributed by atoms with Gasteiger partial charge in [0.1, 0.15) is 15.3 Å². The number of rotatable bonds is 2. The number of imidazole rings is 1. The lowest BCUT2D eigenvalue weighted by Crippen LogP contribution is -2.17. The molecule has 0 aliphatic rings. The Hall–Kier alpha value is -1.25. The summed E-state index contributed by atoms with van der Waals surface area (Å²) in [5.41, 5.74) is 0.571. The minimum absolute atomic E-state index is 0.252. The molecule has 1 aromatic carbocycles. The van der Waals surface area contributed by atoms with E-state index in [-0.39, 0.29) is 5.75 Å². The van der Waals surface area contributed by atoms with E-state index in [0.717, 1.165) is 3.70 Å². The molecule has 3 nitrogen and oxygen atoms in total. The number of benzene rings is 1. The van der Waals surface area contributed by atoms with Crippen molar-refractivity contribution in [1.82, 2.24) is 9.55 Å². The minimum Gasteiger partial charge on any atom is -0.406 e. The molecule has 2 rings (SSSR count). The maximum absolute atomic E-state index is 12.1. The van der Waals surface area contributed by atoms with Crippen LogP contribution in [0.25, 0.3) is 11.4 Å². The zero-order chi connectivity index (χ0) is 13.3. The van der Waals surface area contributed by atoms with Crippen molar-refractivity contribution in [2.75, 3.05) is 0 Å². The van der Waals surface area contributed by atoms with E-state index in [0.29, 0.717) is 11.4 Å². The van der Waals surface area contributed by atoms with E-state index in [1.54, 1.807) is 23.9 Å². The molecule has 0 spiro atoms. The first-order valence-electron chi connectivity index (χ1n) is 4.90. The van der Waals surface area contributed by atoms with Crippen LogP contribution in [0.5, 0.6) is 5.75 Å². The lowest BCUT2D eigenvalue weighted by Gasteiger charge is -2.09. The number of halogens is 4. The number of hydrogen-bond acceptors (Lipinski definition) is 2. The van der Waals surface area contributed by atoms with Crippen molar-refractivity contribution in [1.29, 1.82) is 0 Å². The van der Waals surface area contributed by atoms with Gasteiger partial charge in [0.2, 0.25) is 0 Å². The number of hydrogen-bond donors (Lipinski definition) is 0. The molecule has 7 heteroatoms. The van der Waals surface area contributed by atoms with Crippen molar-refractivity contribution < 1.29 is 17.9 Å². The summed E-state index contributed by atoms with van der Waals surface area (Å²) in [6.45, 7) is 0. The molecule has 0 atom stereocenters. The highest BCUT2D eigenvalue weighted by Crippen LogP contribution is 2.27. The Labute approximate surface area is 115 Å². The van der Waals surface area contributed by atoms with Crippen molar-refractivity contribution in [2.24, 2.45) is 7.05 Å². The zero-order valence-electron chi connectivity index (χ0n) is 9.20. The summed E-state index contributed by atoms with van der Waals surface area (Å²) in [7, 11) is 1.78. The Morgan fingerprint density at radius 2 is 2.06 bits per heavy atom. The van der Waals surface area contributed by atoms with Crippen LogP contribution >= 0.6 is 22.6 Å². The molecule has 1 heterocycles. The first-order chi connectivity index (χ1) is 8.35. The summed E-state index contributed by atoms with van der Waals surface area (Å²) in [5, 5.41) is 0. The van der Waals surface area contributed by atoms with Gasteiger partial charge in [0, 0.05) is 18.8 Å². The third-order valence-electron chi connectivity index (χ3n) is 2.17. The Morgan fingerprint density at radius 1 is 1.33 bits per heavy atom. The van der Waals surface area contributed by atoms with Crippen LogP contribution in [0.2, 0.25) is 0 Å². The fourth-order valence-electron chi connectivity index (χ4n) is 1.53. The maximum Gasteiger partial charge on any atom is 0.573 e. The van der Waals surface area contributed by atoms with Gasteiger partial charge >= 0.3 is 6.36 Å². The normalized spacial score (nSPS) is 11.6. The minimum atomic E-state index is -4.69. The highest BCUT2D eigenvalue weighted by atomic mass is 127. The lowest BCUT2D eigenvalue weighted by atomic mass is 10.2. The molecular formula is C11H8F3IN2O. The van der Waals surface area contributed by atoms with Gasteiger partial charge in [-0.15, -0.1) is 13.2 Å². The molecule has 0 fully saturated rings. The topological polar surface area (TPSA) is 27.1 Å². The number of ether oxygens (including phenoxy) is 1. The molecule has 0 aliphatic heterocycles. The molecule has 0 saturated carbocycles. The van der Waals surface area contributed by atoms with Gasteiger partial charge < -0.3 is 9.30 Å². The zero-order valence-corrected chi connectivity index (χ0v) is 11.4. The van der Waals surface area contributed by atoms with Gasteiger partial charge in [-0.25, -0.2) is 4.98 Å². The van der Waals surface area contributed by atoms with Crippen molar-refractivity contribution in [3.63, 3.8) is 0 Å². The first kappa shape index (κ1) is 13.2. The summed E-state index contributed by atoms with van der Waals surface area (Å²) >= 11 is 2.04. The van der Waals surface area contributed by atoms with E-state index in [1.807, 2.05) is 22.6 Å². The first-order valence-corrected chi connectivity index (χ1v) is 5.98. The molecule has 18 heavy (non-hydrogen) atoms. The van der Waals surface area contributed by atoms with Crippen molar-refractivity contribution in [2.45, 2.75) is 6.36 Å². The van der Waals surface area contributed by atoms with Crippen LogP contribution in [0.15, 0.2) is 30.5 Å². The Balaban J connectivity index is 2.36. The van der Waals surface area contributed by atoms with Gasteiger partial charge in [0.05, 0.1) is 0 Å². The number of nitrogens with zero attached hydrogens (tertiary/aromatic N) is 2. The van der Waals surface area contributed by atoms with E-state index < -0.39 is 6.36 Å².